The summed E-state index contributed by atoms with van der Waals surface area (Å²) in [7, 11) is -2.57. The number of ether oxygens (including phenoxy) is 1. The molecule has 0 fully saturated rings. The van der Waals surface area contributed by atoms with E-state index >= 15 is 0 Å². The van der Waals surface area contributed by atoms with Gasteiger partial charge in [0.1, 0.15) is 5.75 Å². The lowest BCUT2D eigenvalue weighted by atomic mass is 10.0. The molecule has 33 heavy (non-hydrogen) atoms. The molecule has 3 rings (SSSR count). The zero-order valence-electron chi connectivity index (χ0n) is 18.8. The first-order valence-electron chi connectivity index (χ1n) is 10.5. The van der Waals surface area contributed by atoms with Gasteiger partial charge in [0.15, 0.2) is 0 Å². The maximum Gasteiger partial charge on any atom is 0.243 e. The van der Waals surface area contributed by atoms with Gasteiger partial charge in [-0.2, -0.15) is 4.31 Å². The summed E-state index contributed by atoms with van der Waals surface area (Å²) in [5.41, 5.74) is 2.52. The minimum Gasteiger partial charge on any atom is -0.495 e. The van der Waals surface area contributed by atoms with Gasteiger partial charge in [-0.15, -0.1) is 0 Å². The van der Waals surface area contributed by atoms with E-state index in [2.05, 4.69) is 19.2 Å². The van der Waals surface area contributed by atoms with Crippen molar-refractivity contribution >= 4 is 33.2 Å². The zero-order valence-corrected chi connectivity index (χ0v) is 20.4. The third-order valence-electron chi connectivity index (χ3n) is 5.14. The zero-order chi connectivity index (χ0) is 24.0. The van der Waals surface area contributed by atoms with Gasteiger partial charge in [-0.3, -0.25) is 4.79 Å². The van der Waals surface area contributed by atoms with Crippen LogP contribution in [0, 0.1) is 0 Å². The van der Waals surface area contributed by atoms with Crippen molar-refractivity contribution in [1.29, 1.82) is 0 Å². The Balaban J connectivity index is 1.86. The van der Waals surface area contributed by atoms with Crippen LogP contribution in [-0.4, -0.2) is 32.3 Å². The second-order valence-electron chi connectivity index (χ2n) is 7.88. The number of hydrogen-bond donors (Lipinski definition) is 1. The number of nitrogens with zero attached hydrogens (tertiary/aromatic N) is 1. The number of carbonyl (C=O) groups excluding carboxylic acids is 1. The Bertz CT molecular complexity index is 1200. The fourth-order valence-electron chi connectivity index (χ4n) is 3.28. The first-order chi connectivity index (χ1) is 15.7. The van der Waals surface area contributed by atoms with Gasteiger partial charge in [-0.05, 0) is 47.4 Å². The molecule has 8 heteroatoms. The van der Waals surface area contributed by atoms with Gasteiger partial charge in [0.05, 0.1) is 23.6 Å². The van der Waals surface area contributed by atoms with Crippen LogP contribution in [0.25, 0.3) is 0 Å². The van der Waals surface area contributed by atoms with E-state index in [0.29, 0.717) is 17.4 Å². The molecule has 0 saturated heterocycles. The number of sulfonamides is 1. The summed E-state index contributed by atoms with van der Waals surface area (Å²) in [6.45, 7) is 3.86. The van der Waals surface area contributed by atoms with Crippen LogP contribution < -0.4 is 10.1 Å². The van der Waals surface area contributed by atoms with Crippen molar-refractivity contribution < 1.29 is 17.9 Å². The van der Waals surface area contributed by atoms with Crippen LogP contribution in [0.15, 0.2) is 77.7 Å². The lowest BCUT2D eigenvalue weighted by molar-refractivity contribution is -0.116. The summed E-state index contributed by atoms with van der Waals surface area (Å²) in [6.07, 6.45) is 0. The SMILES string of the molecule is COc1ccc(S(=O)(=O)N(CC(=O)Nc2ccc(C(C)C)cc2)Cc2ccccc2)cc1Cl. The lowest BCUT2D eigenvalue weighted by Crippen LogP contribution is -2.37. The standard InChI is InChI=1S/C25H27ClN2O4S/c1-18(2)20-9-11-21(12-10-20)27-25(29)17-28(16-19-7-5-4-6-8-19)33(30,31)22-13-14-24(32-3)23(26)15-22/h4-15,18H,16-17H2,1-3H3,(H,27,29). The van der Waals surface area contributed by atoms with Gasteiger partial charge in [0.25, 0.3) is 0 Å². The van der Waals surface area contributed by atoms with Crippen molar-refractivity contribution in [2.45, 2.75) is 31.2 Å². The normalized spacial score (nSPS) is 11.6. The van der Waals surface area contributed by atoms with Crippen molar-refractivity contribution in [2.75, 3.05) is 19.0 Å². The second kappa shape index (κ2) is 10.8. The van der Waals surface area contributed by atoms with Crippen molar-refractivity contribution in [3.8, 4) is 5.75 Å². The number of methoxy groups -OCH3 is 1. The number of hydrogen-bond acceptors (Lipinski definition) is 4. The smallest absolute Gasteiger partial charge is 0.243 e. The van der Waals surface area contributed by atoms with E-state index in [1.165, 1.54) is 25.3 Å². The Morgan fingerprint density at radius 3 is 2.27 bits per heavy atom. The summed E-state index contributed by atoms with van der Waals surface area (Å²) in [5, 5.41) is 2.96. The summed E-state index contributed by atoms with van der Waals surface area (Å²) in [4.78, 5) is 12.8. The van der Waals surface area contributed by atoms with Crippen molar-refractivity contribution in [3.63, 3.8) is 0 Å². The van der Waals surface area contributed by atoms with E-state index in [4.69, 9.17) is 16.3 Å². The van der Waals surface area contributed by atoms with Crippen molar-refractivity contribution in [2.24, 2.45) is 0 Å². The number of halogens is 1. The molecule has 0 aromatic heterocycles. The largest absolute Gasteiger partial charge is 0.495 e. The van der Waals surface area contributed by atoms with Gasteiger partial charge in [0.2, 0.25) is 15.9 Å². The third kappa shape index (κ3) is 6.35. The van der Waals surface area contributed by atoms with E-state index in [9.17, 15) is 13.2 Å². The van der Waals surface area contributed by atoms with E-state index in [0.717, 1.165) is 15.4 Å². The predicted molar refractivity (Wildman–Crippen MR) is 131 cm³/mol. The summed E-state index contributed by atoms with van der Waals surface area (Å²) in [5.74, 6) is 0.303. The van der Waals surface area contributed by atoms with E-state index < -0.39 is 15.9 Å². The van der Waals surface area contributed by atoms with Crippen molar-refractivity contribution in [3.05, 3.63) is 88.9 Å². The molecule has 6 nitrogen and oxygen atoms in total. The van der Waals surface area contributed by atoms with Gasteiger partial charge >= 0.3 is 0 Å². The first kappa shape index (κ1) is 24.8. The summed E-state index contributed by atoms with van der Waals surface area (Å²) >= 11 is 6.16. The van der Waals surface area contributed by atoms with Crippen LogP contribution in [0.2, 0.25) is 5.02 Å². The lowest BCUT2D eigenvalue weighted by Gasteiger charge is -2.22. The Hall–Kier alpha value is -2.87. The number of benzene rings is 3. The molecule has 0 aliphatic carbocycles. The highest BCUT2D eigenvalue weighted by atomic mass is 35.5. The summed E-state index contributed by atoms with van der Waals surface area (Å²) in [6, 6.07) is 20.9. The fraction of sp³-hybridized carbons (Fsp3) is 0.240. The fourth-order valence-corrected chi connectivity index (χ4v) is 5.02. The minimum absolute atomic E-state index is 0.0154. The third-order valence-corrected chi connectivity index (χ3v) is 7.23. The van der Waals surface area contributed by atoms with E-state index in [-0.39, 0.29) is 23.0 Å². The Morgan fingerprint density at radius 1 is 1.03 bits per heavy atom. The van der Waals surface area contributed by atoms with Crippen LogP contribution in [0.1, 0.15) is 30.9 Å². The molecule has 0 aliphatic rings. The van der Waals surface area contributed by atoms with E-state index in [1.54, 1.807) is 0 Å². The van der Waals surface area contributed by atoms with Gasteiger partial charge in [-0.1, -0.05) is 67.9 Å². The quantitative estimate of drug-likeness (QED) is 0.445. The molecule has 0 spiro atoms. The summed E-state index contributed by atoms with van der Waals surface area (Å²) < 4.78 is 33.1. The number of anilines is 1. The molecule has 3 aromatic carbocycles. The molecular weight excluding hydrogens is 460 g/mol. The van der Waals surface area contributed by atoms with Crippen LogP contribution in [0.4, 0.5) is 5.69 Å². The molecule has 174 valence electrons. The van der Waals surface area contributed by atoms with E-state index in [1.807, 2.05) is 54.6 Å². The van der Waals surface area contributed by atoms with Crippen LogP contribution in [0.5, 0.6) is 5.75 Å². The first-order valence-corrected chi connectivity index (χ1v) is 12.3. The average molecular weight is 487 g/mol. The van der Waals surface area contributed by atoms with Crippen molar-refractivity contribution in [1.82, 2.24) is 4.31 Å². The van der Waals surface area contributed by atoms with Crippen LogP contribution >= 0.6 is 11.6 Å². The molecule has 3 aromatic rings. The second-order valence-corrected chi connectivity index (χ2v) is 10.2. The molecule has 0 saturated carbocycles. The topological polar surface area (TPSA) is 75.7 Å². The molecule has 0 heterocycles. The number of carbonyl (C=O) groups is 1. The highest BCUT2D eigenvalue weighted by Gasteiger charge is 2.28. The molecule has 0 aliphatic heterocycles. The Kier molecular flexibility index (Phi) is 8.13. The average Bonchev–Trinajstić information content (AvgIpc) is 2.79. The molecule has 0 bridgehead atoms. The van der Waals surface area contributed by atoms with Gasteiger partial charge < -0.3 is 10.1 Å². The highest BCUT2D eigenvalue weighted by molar-refractivity contribution is 7.89. The maximum absolute atomic E-state index is 13.4. The van der Waals surface area contributed by atoms with Crippen LogP contribution in [0.3, 0.4) is 0 Å². The Morgan fingerprint density at radius 2 is 1.70 bits per heavy atom. The van der Waals surface area contributed by atoms with Gasteiger partial charge in [-0.25, -0.2) is 8.42 Å². The molecule has 1 N–H and O–H groups in total. The molecule has 1 amide bonds. The Labute approximate surface area is 200 Å². The number of rotatable bonds is 9. The monoisotopic (exact) mass is 486 g/mol. The molecule has 0 unspecified atom stereocenters. The molecular formula is C25H27ClN2O4S. The highest BCUT2D eigenvalue weighted by Crippen LogP contribution is 2.29. The molecule has 0 radical (unpaired) electrons. The van der Waals surface area contributed by atoms with Gasteiger partial charge in [0, 0.05) is 12.2 Å². The number of nitrogens with one attached hydrogen (secondary N) is 1. The molecule has 0 atom stereocenters. The minimum atomic E-state index is -4.02. The maximum atomic E-state index is 13.4. The predicted octanol–water partition coefficient (Wildman–Crippen LogP) is 5.30. The van der Waals surface area contributed by atoms with Crippen LogP contribution in [-0.2, 0) is 21.4 Å². The number of amides is 1.